The number of carbonyl (C=O) groups excluding carboxylic acids is 1. The molecule has 0 N–H and O–H groups in total. The van der Waals surface area contributed by atoms with Crippen molar-refractivity contribution >= 4 is 5.97 Å². The molecule has 0 atom stereocenters. The summed E-state index contributed by atoms with van der Waals surface area (Å²) < 4.78 is 5.22. The monoisotopic (exact) mass is 256 g/mol. The topological polar surface area (TPSA) is 26.3 Å². The van der Waals surface area contributed by atoms with Crippen LogP contribution in [0.1, 0.15) is 79.1 Å². The summed E-state index contributed by atoms with van der Waals surface area (Å²) in [7, 11) is 0. The van der Waals surface area contributed by atoms with Crippen LogP contribution < -0.4 is 0 Å². The van der Waals surface area contributed by atoms with Crippen LogP contribution in [0.3, 0.4) is 0 Å². The number of rotatable bonds is 11. The van der Waals surface area contributed by atoms with Crippen molar-refractivity contribution in [2.24, 2.45) is 11.8 Å². The Morgan fingerprint density at radius 2 is 1.39 bits per heavy atom. The van der Waals surface area contributed by atoms with Crippen molar-refractivity contribution in [3.05, 3.63) is 0 Å². The summed E-state index contributed by atoms with van der Waals surface area (Å²) in [5.41, 5.74) is 0. The molecule has 0 bridgehead atoms. The Bertz CT molecular complexity index is 197. The zero-order valence-corrected chi connectivity index (χ0v) is 12.8. The third-order valence-electron chi connectivity index (χ3n) is 3.10. The lowest BCUT2D eigenvalue weighted by atomic mass is 10.1. The minimum Gasteiger partial charge on any atom is -0.466 e. The average Bonchev–Trinajstić information content (AvgIpc) is 2.28. The lowest BCUT2D eigenvalue weighted by molar-refractivity contribution is -0.143. The standard InChI is InChI=1S/C16H32O2/c1-14(2)10-6-5-9-13-18-16(17)12-8-7-11-15(3)4/h14-15H,5-13H2,1-4H3. The molecular weight excluding hydrogens is 224 g/mol. The Morgan fingerprint density at radius 1 is 0.833 bits per heavy atom. The van der Waals surface area contributed by atoms with Gasteiger partial charge in [-0.15, -0.1) is 0 Å². The van der Waals surface area contributed by atoms with Crippen LogP contribution in [0.5, 0.6) is 0 Å². The molecule has 0 aliphatic rings. The molecule has 2 nitrogen and oxygen atoms in total. The molecule has 0 rings (SSSR count). The van der Waals surface area contributed by atoms with Gasteiger partial charge < -0.3 is 4.74 Å². The van der Waals surface area contributed by atoms with Gasteiger partial charge in [0.1, 0.15) is 0 Å². The van der Waals surface area contributed by atoms with Gasteiger partial charge in [-0.3, -0.25) is 4.79 Å². The number of ether oxygens (including phenoxy) is 1. The zero-order valence-electron chi connectivity index (χ0n) is 12.8. The van der Waals surface area contributed by atoms with Crippen LogP contribution in [0.15, 0.2) is 0 Å². The fourth-order valence-electron chi connectivity index (χ4n) is 1.91. The van der Waals surface area contributed by atoms with Crippen molar-refractivity contribution in [2.75, 3.05) is 6.61 Å². The number of carbonyl (C=O) groups is 1. The maximum absolute atomic E-state index is 11.4. The van der Waals surface area contributed by atoms with Crippen molar-refractivity contribution in [3.8, 4) is 0 Å². The number of hydrogen-bond acceptors (Lipinski definition) is 2. The summed E-state index contributed by atoms with van der Waals surface area (Å²) in [5, 5.41) is 0. The maximum Gasteiger partial charge on any atom is 0.305 e. The smallest absolute Gasteiger partial charge is 0.305 e. The molecule has 0 aromatic carbocycles. The van der Waals surface area contributed by atoms with Gasteiger partial charge in [0.2, 0.25) is 0 Å². The van der Waals surface area contributed by atoms with E-state index in [0.717, 1.165) is 31.1 Å². The van der Waals surface area contributed by atoms with E-state index in [0.29, 0.717) is 13.0 Å². The van der Waals surface area contributed by atoms with E-state index in [9.17, 15) is 4.79 Å². The summed E-state index contributed by atoms with van der Waals surface area (Å²) in [6, 6.07) is 0. The van der Waals surface area contributed by atoms with Crippen LogP contribution in [0.25, 0.3) is 0 Å². The normalized spacial score (nSPS) is 11.2. The summed E-state index contributed by atoms with van der Waals surface area (Å²) >= 11 is 0. The van der Waals surface area contributed by atoms with E-state index in [1.54, 1.807) is 0 Å². The van der Waals surface area contributed by atoms with Crippen LogP contribution in [0.2, 0.25) is 0 Å². The van der Waals surface area contributed by atoms with Gasteiger partial charge in [0.25, 0.3) is 0 Å². The minimum atomic E-state index is -0.0115. The first-order chi connectivity index (χ1) is 8.52. The Morgan fingerprint density at radius 3 is 1.94 bits per heavy atom. The Balaban J connectivity index is 3.22. The van der Waals surface area contributed by atoms with Gasteiger partial charge in [0.15, 0.2) is 0 Å². The molecule has 0 amide bonds. The van der Waals surface area contributed by atoms with Gasteiger partial charge in [-0.05, 0) is 24.7 Å². The van der Waals surface area contributed by atoms with E-state index >= 15 is 0 Å². The molecule has 0 aliphatic heterocycles. The van der Waals surface area contributed by atoms with Crippen molar-refractivity contribution in [1.29, 1.82) is 0 Å². The summed E-state index contributed by atoms with van der Waals surface area (Å²) in [6.07, 6.45) is 8.66. The SMILES string of the molecule is CC(C)CCCCCOC(=O)CCCCC(C)C. The lowest BCUT2D eigenvalue weighted by Gasteiger charge is -2.07. The molecule has 0 spiro atoms. The minimum absolute atomic E-state index is 0.0115. The largest absolute Gasteiger partial charge is 0.466 e. The Hall–Kier alpha value is -0.530. The predicted molar refractivity (Wildman–Crippen MR) is 77.6 cm³/mol. The molecular formula is C16H32O2. The predicted octanol–water partition coefficient (Wildman–Crippen LogP) is 4.96. The van der Waals surface area contributed by atoms with Gasteiger partial charge in [-0.1, -0.05) is 59.8 Å². The third-order valence-corrected chi connectivity index (χ3v) is 3.10. The summed E-state index contributed by atoms with van der Waals surface area (Å²) in [4.78, 5) is 11.4. The van der Waals surface area contributed by atoms with Crippen LogP contribution >= 0.6 is 0 Å². The van der Waals surface area contributed by atoms with Crippen LogP contribution in [-0.4, -0.2) is 12.6 Å². The van der Waals surface area contributed by atoms with Crippen molar-refractivity contribution < 1.29 is 9.53 Å². The van der Waals surface area contributed by atoms with E-state index in [1.165, 1.54) is 25.7 Å². The first-order valence-electron chi connectivity index (χ1n) is 7.68. The quantitative estimate of drug-likeness (QED) is 0.385. The molecule has 0 saturated heterocycles. The van der Waals surface area contributed by atoms with Crippen molar-refractivity contribution in [2.45, 2.75) is 79.1 Å². The van der Waals surface area contributed by atoms with Crippen LogP contribution in [-0.2, 0) is 9.53 Å². The highest BCUT2D eigenvalue weighted by Gasteiger charge is 2.03. The number of esters is 1. The van der Waals surface area contributed by atoms with E-state index in [4.69, 9.17) is 4.74 Å². The number of unbranched alkanes of at least 4 members (excludes halogenated alkanes) is 3. The molecule has 0 unspecified atom stereocenters. The molecule has 0 heterocycles. The molecule has 2 heteroatoms. The molecule has 0 aromatic rings. The zero-order chi connectivity index (χ0) is 13.8. The van der Waals surface area contributed by atoms with E-state index in [1.807, 2.05) is 0 Å². The van der Waals surface area contributed by atoms with Crippen molar-refractivity contribution in [3.63, 3.8) is 0 Å². The molecule has 0 saturated carbocycles. The Labute approximate surface area is 113 Å². The maximum atomic E-state index is 11.4. The fourth-order valence-corrected chi connectivity index (χ4v) is 1.91. The van der Waals surface area contributed by atoms with Gasteiger partial charge in [0.05, 0.1) is 6.61 Å². The molecule has 0 radical (unpaired) electrons. The second-order valence-corrected chi connectivity index (χ2v) is 6.10. The van der Waals surface area contributed by atoms with Crippen LogP contribution in [0.4, 0.5) is 0 Å². The van der Waals surface area contributed by atoms with Gasteiger partial charge in [-0.2, -0.15) is 0 Å². The highest BCUT2D eigenvalue weighted by atomic mass is 16.5. The second kappa shape index (κ2) is 11.6. The average molecular weight is 256 g/mol. The van der Waals surface area contributed by atoms with Gasteiger partial charge in [-0.25, -0.2) is 0 Å². The summed E-state index contributed by atoms with van der Waals surface area (Å²) in [5.74, 6) is 1.51. The van der Waals surface area contributed by atoms with Gasteiger partial charge >= 0.3 is 5.97 Å². The molecule has 0 aromatic heterocycles. The van der Waals surface area contributed by atoms with E-state index in [-0.39, 0.29) is 5.97 Å². The number of hydrogen-bond donors (Lipinski definition) is 0. The van der Waals surface area contributed by atoms with Gasteiger partial charge in [0, 0.05) is 6.42 Å². The highest BCUT2D eigenvalue weighted by Crippen LogP contribution is 2.10. The molecule has 108 valence electrons. The summed E-state index contributed by atoms with van der Waals surface area (Å²) in [6.45, 7) is 9.54. The van der Waals surface area contributed by atoms with E-state index < -0.39 is 0 Å². The fraction of sp³-hybridized carbons (Fsp3) is 0.938. The van der Waals surface area contributed by atoms with Crippen molar-refractivity contribution in [1.82, 2.24) is 0 Å². The lowest BCUT2D eigenvalue weighted by Crippen LogP contribution is -2.06. The third kappa shape index (κ3) is 13.5. The first-order valence-corrected chi connectivity index (χ1v) is 7.68. The molecule has 0 aliphatic carbocycles. The highest BCUT2D eigenvalue weighted by molar-refractivity contribution is 5.69. The van der Waals surface area contributed by atoms with E-state index in [2.05, 4.69) is 27.7 Å². The van der Waals surface area contributed by atoms with Crippen LogP contribution in [0, 0.1) is 11.8 Å². The first kappa shape index (κ1) is 17.5. The Kier molecular flexibility index (Phi) is 11.2. The second-order valence-electron chi connectivity index (χ2n) is 6.10. The molecule has 0 fully saturated rings. The molecule has 18 heavy (non-hydrogen) atoms.